The van der Waals surface area contributed by atoms with Crippen LogP contribution in [0.2, 0.25) is 0 Å². The van der Waals surface area contributed by atoms with Crippen LogP contribution >= 0.6 is 0 Å². The van der Waals surface area contributed by atoms with Crippen LogP contribution in [-0.4, -0.2) is 53.9 Å². The molecular weight excluding hydrogens is 358 g/mol. The third-order valence-corrected chi connectivity index (χ3v) is 5.40. The van der Waals surface area contributed by atoms with Crippen molar-refractivity contribution in [2.45, 2.75) is 4.90 Å². The molecule has 0 bridgehead atoms. The molecule has 0 unspecified atom stereocenters. The minimum Gasteiger partial charge on any atom is -0.497 e. The van der Waals surface area contributed by atoms with Crippen molar-refractivity contribution in [3.63, 3.8) is 0 Å². The maximum absolute atomic E-state index is 12.7. The molecule has 0 saturated carbocycles. The van der Waals surface area contributed by atoms with Crippen LogP contribution in [0.3, 0.4) is 0 Å². The summed E-state index contributed by atoms with van der Waals surface area (Å²) in [5.41, 5.74) is 0.367. The number of sulfonamides is 1. The van der Waals surface area contributed by atoms with Gasteiger partial charge in [-0.1, -0.05) is 0 Å². The molecule has 1 saturated heterocycles. The molecule has 1 aliphatic heterocycles. The first kappa shape index (κ1) is 18.3. The lowest BCUT2D eigenvalue weighted by atomic mass is 10.3. The van der Waals surface area contributed by atoms with E-state index in [0.717, 1.165) is 18.9 Å². The molecule has 1 aromatic carbocycles. The molecule has 1 N–H and O–H groups in total. The third-order valence-electron chi connectivity index (χ3n) is 4.00. The Kier molecular flexibility index (Phi) is 5.48. The molecule has 2 aromatic rings. The minimum atomic E-state index is -3.85. The molecule has 0 amide bonds. The molecule has 0 aliphatic carbocycles. The summed E-state index contributed by atoms with van der Waals surface area (Å²) in [5.74, 6) is 1.44. The van der Waals surface area contributed by atoms with Gasteiger partial charge in [0.05, 0.1) is 39.3 Å². The predicted molar refractivity (Wildman–Crippen MR) is 97.6 cm³/mol. The average Bonchev–Trinajstić information content (AvgIpc) is 2.68. The summed E-state index contributed by atoms with van der Waals surface area (Å²) in [4.78, 5) is 6.43. The van der Waals surface area contributed by atoms with Gasteiger partial charge in [0.2, 0.25) is 0 Å². The first-order valence-corrected chi connectivity index (χ1v) is 9.55. The average molecular weight is 379 g/mol. The highest BCUT2D eigenvalue weighted by Crippen LogP contribution is 2.29. The second-order valence-electron chi connectivity index (χ2n) is 5.63. The van der Waals surface area contributed by atoms with E-state index < -0.39 is 10.0 Å². The number of hydrogen-bond acceptors (Lipinski definition) is 7. The molecule has 1 aromatic heterocycles. The second-order valence-corrected chi connectivity index (χ2v) is 7.28. The van der Waals surface area contributed by atoms with Crippen molar-refractivity contribution in [3.8, 4) is 11.5 Å². The Morgan fingerprint density at radius 3 is 2.50 bits per heavy atom. The van der Waals surface area contributed by atoms with E-state index in [9.17, 15) is 8.42 Å². The van der Waals surface area contributed by atoms with E-state index in [1.807, 2.05) is 0 Å². The molecule has 8 nitrogen and oxygen atoms in total. The Labute approximate surface area is 152 Å². The largest absolute Gasteiger partial charge is 0.497 e. The molecule has 0 atom stereocenters. The third kappa shape index (κ3) is 4.00. The number of hydrogen-bond donors (Lipinski definition) is 1. The number of pyridine rings is 1. The molecule has 9 heteroatoms. The number of methoxy groups -OCH3 is 2. The van der Waals surface area contributed by atoms with Crippen LogP contribution in [0, 0.1) is 0 Å². The highest BCUT2D eigenvalue weighted by molar-refractivity contribution is 7.92. The van der Waals surface area contributed by atoms with Gasteiger partial charge in [-0.3, -0.25) is 4.72 Å². The highest BCUT2D eigenvalue weighted by atomic mass is 32.2. The Hall–Kier alpha value is -2.52. The fourth-order valence-corrected chi connectivity index (χ4v) is 3.86. The summed E-state index contributed by atoms with van der Waals surface area (Å²) in [5, 5.41) is 0. The van der Waals surface area contributed by atoms with E-state index >= 15 is 0 Å². The predicted octanol–water partition coefficient (Wildman–Crippen LogP) is 1.74. The zero-order valence-corrected chi connectivity index (χ0v) is 15.5. The Morgan fingerprint density at radius 1 is 1.12 bits per heavy atom. The van der Waals surface area contributed by atoms with Gasteiger partial charge in [-0.05, 0) is 24.3 Å². The van der Waals surface area contributed by atoms with Gasteiger partial charge in [0.15, 0.2) is 0 Å². The smallest absolute Gasteiger partial charge is 0.265 e. The second kappa shape index (κ2) is 7.79. The lowest BCUT2D eigenvalue weighted by molar-refractivity contribution is 0.122. The van der Waals surface area contributed by atoms with Gasteiger partial charge < -0.3 is 19.1 Å². The number of anilines is 2. The fraction of sp³-hybridized carbons (Fsp3) is 0.353. The molecule has 3 rings (SSSR count). The standard InChI is InChI=1S/C17H21N3O5S/c1-23-14-4-5-15(24-2)16(11-14)26(21,22)19-13-3-6-17(18-12-13)20-7-9-25-10-8-20/h3-6,11-12,19H,7-10H2,1-2H3. The maximum Gasteiger partial charge on any atom is 0.265 e. The zero-order valence-electron chi connectivity index (χ0n) is 14.6. The highest BCUT2D eigenvalue weighted by Gasteiger charge is 2.21. The van der Waals surface area contributed by atoms with Crippen molar-refractivity contribution in [1.82, 2.24) is 4.98 Å². The number of benzene rings is 1. The van der Waals surface area contributed by atoms with Crippen molar-refractivity contribution in [1.29, 1.82) is 0 Å². The summed E-state index contributed by atoms with van der Waals surface area (Å²) in [7, 11) is -0.967. The van der Waals surface area contributed by atoms with Gasteiger partial charge in [-0.15, -0.1) is 0 Å². The number of nitrogens with zero attached hydrogens (tertiary/aromatic N) is 2. The lowest BCUT2D eigenvalue weighted by Gasteiger charge is -2.27. The summed E-state index contributed by atoms with van der Waals surface area (Å²) < 4.78 is 43.6. The fourth-order valence-electron chi connectivity index (χ4n) is 2.63. The summed E-state index contributed by atoms with van der Waals surface area (Å²) in [6, 6.07) is 8.06. The Morgan fingerprint density at radius 2 is 1.88 bits per heavy atom. The number of nitrogens with one attached hydrogen (secondary N) is 1. The lowest BCUT2D eigenvalue weighted by Crippen LogP contribution is -2.36. The normalized spacial score (nSPS) is 14.8. The van der Waals surface area contributed by atoms with Gasteiger partial charge in [0.1, 0.15) is 22.2 Å². The van der Waals surface area contributed by atoms with Gasteiger partial charge in [0.25, 0.3) is 10.0 Å². The van der Waals surface area contributed by atoms with Crippen molar-refractivity contribution in [2.24, 2.45) is 0 Å². The van der Waals surface area contributed by atoms with Crippen molar-refractivity contribution >= 4 is 21.5 Å². The van der Waals surface area contributed by atoms with Crippen molar-refractivity contribution in [2.75, 3.05) is 50.1 Å². The van der Waals surface area contributed by atoms with E-state index in [-0.39, 0.29) is 10.6 Å². The monoisotopic (exact) mass is 379 g/mol. The number of ether oxygens (including phenoxy) is 3. The summed E-state index contributed by atoms with van der Waals surface area (Å²) in [6.45, 7) is 2.84. The zero-order chi connectivity index (χ0) is 18.6. The molecule has 2 heterocycles. The maximum atomic E-state index is 12.7. The van der Waals surface area contributed by atoms with Crippen LogP contribution in [0.4, 0.5) is 11.5 Å². The van der Waals surface area contributed by atoms with Crippen molar-refractivity contribution in [3.05, 3.63) is 36.5 Å². The van der Waals surface area contributed by atoms with E-state index in [0.29, 0.717) is 24.7 Å². The van der Waals surface area contributed by atoms with E-state index in [1.54, 1.807) is 24.3 Å². The number of morpholine rings is 1. The van der Waals surface area contributed by atoms with Crippen molar-refractivity contribution < 1.29 is 22.6 Å². The summed E-state index contributed by atoms with van der Waals surface area (Å²) in [6.07, 6.45) is 1.50. The van der Waals surface area contributed by atoms with E-state index in [1.165, 1.54) is 26.5 Å². The molecule has 1 fully saturated rings. The Bertz CT molecular complexity index is 849. The molecule has 140 valence electrons. The topological polar surface area (TPSA) is 90.0 Å². The molecular formula is C17H21N3O5S. The molecule has 1 aliphatic rings. The first-order valence-electron chi connectivity index (χ1n) is 8.07. The van der Waals surface area contributed by atoms with Crippen LogP contribution in [0.25, 0.3) is 0 Å². The van der Waals surface area contributed by atoms with Crippen LogP contribution in [-0.2, 0) is 14.8 Å². The molecule has 0 spiro atoms. The van der Waals surface area contributed by atoms with Crippen LogP contribution in [0.15, 0.2) is 41.4 Å². The van der Waals surface area contributed by atoms with Crippen LogP contribution in [0.5, 0.6) is 11.5 Å². The van der Waals surface area contributed by atoms with Gasteiger partial charge in [0, 0.05) is 19.2 Å². The molecule has 0 radical (unpaired) electrons. The number of aromatic nitrogens is 1. The Balaban J connectivity index is 1.81. The van der Waals surface area contributed by atoms with Gasteiger partial charge in [-0.25, -0.2) is 13.4 Å². The van der Waals surface area contributed by atoms with Gasteiger partial charge in [-0.2, -0.15) is 0 Å². The molecule has 26 heavy (non-hydrogen) atoms. The van der Waals surface area contributed by atoms with E-state index in [4.69, 9.17) is 14.2 Å². The first-order chi connectivity index (χ1) is 12.5. The minimum absolute atomic E-state index is 0.00314. The van der Waals surface area contributed by atoms with Gasteiger partial charge >= 0.3 is 0 Å². The van der Waals surface area contributed by atoms with E-state index in [2.05, 4.69) is 14.6 Å². The van der Waals surface area contributed by atoms with Crippen LogP contribution in [0.1, 0.15) is 0 Å². The SMILES string of the molecule is COc1ccc(OC)c(S(=O)(=O)Nc2ccc(N3CCOCC3)nc2)c1. The quantitative estimate of drug-likeness (QED) is 0.817. The van der Waals surface area contributed by atoms with Crippen LogP contribution < -0.4 is 19.1 Å². The summed E-state index contributed by atoms with van der Waals surface area (Å²) >= 11 is 0. The number of rotatable bonds is 6.